The first-order valence-corrected chi connectivity index (χ1v) is 4.15. The van der Waals surface area contributed by atoms with Gasteiger partial charge in [0.1, 0.15) is 0 Å². The summed E-state index contributed by atoms with van der Waals surface area (Å²) >= 11 is 0. The molecule has 0 unspecified atom stereocenters. The Kier molecular flexibility index (Phi) is 1.46. The average Bonchev–Trinajstić information content (AvgIpc) is 2.41. The molecule has 0 heterocycles. The predicted molar refractivity (Wildman–Crippen MR) is 37.5 cm³/mol. The van der Waals surface area contributed by atoms with Crippen molar-refractivity contribution in [2.45, 2.75) is 37.9 Å². The molecule has 2 aliphatic rings. The van der Waals surface area contributed by atoms with Crippen LogP contribution in [0.15, 0.2) is 0 Å². The summed E-state index contributed by atoms with van der Waals surface area (Å²) in [4.78, 5) is 0. The third-order valence-corrected chi connectivity index (χ3v) is 3.13. The maximum Gasteiger partial charge on any atom is 0.0572 e. The molecule has 0 radical (unpaired) electrons. The minimum Gasteiger partial charge on any atom is -0.393 e. The van der Waals surface area contributed by atoms with Gasteiger partial charge >= 0.3 is 0 Å². The first-order valence-electron chi connectivity index (χ1n) is 4.15. The highest BCUT2D eigenvalue weighted by Crippen LogP contribution is 2.43. The van der Waals surface area contributed by atoms with Gasteiger partial charge in [-0.1, -0.05) is 0 Å². The fourth-order valence-electron chi connectivity index (χ4n) is 2.54. The van der Waals surface area contributed by atoms with Crippen LogP contribution in [0.5, 0.6) is 0 Å². The van der Waals surface area contributed by atoms with Crippen molar-refractivity contribution in [3.63, 3.8) is 0 Å². The first kappa shape index (κ1) is 6.62. The summed E-state index contributed by atoms with van der Waals surface area (Å²) in [5.74, 6) is 0.852. The molecule has 0 bridgehead atoms. The summed E-state index contributed by atoms with van der Waals surface area (Å²) < 4.78 is 0. The fraction of sp³-hybridized carbons (Fsp3) is 1.00. The van der Waals surface area contributed by atoms with Crippen molar-refractivity contribution in [3.05, 3.63) is 0 Å². The minimum atomic E-state index is -0.109. The highest BCUT2D eigenvalue weighted by atomic mass is 16.3. The van der Waals surface area contributed by atoms with Crippen LogP contribution in [-0.4, -0.2) is 22.4 Å². The van der Waals surface area contributed by atoms with Gasteiger partial charge in [-0.3, -0.25) is 0 Å². The Labute approximate surface area is 60.9 Å². The number of aliphatic hydroxyl groups excluding tert-OH is 2. The molecule has 2 aliphatic carbocycles. The van der Waals surface area contributed by atoms with Gasteiger partial charge in [0.2, 0.25) is 0 Å². The van der Waals surface area contributed by atoms with Gasteiger partial charge in [0, 0.05) is 0 Å². The van der Waals surface area contributed by atoms with Crippen molar-refractivity contribution < 1.29 is 10.2 Å². The molecule has 0 saturated heterocycles. The molecule has 2 saturated carbocycles. The molecule has 2 heteroatoms. The van der Waals surface area contributed by atoms with Crippen molar-refractivity contribution in [2.24, 2.45) is 11.8 Å². The van der Waals surface area contributed by atoms with E-state index in [0.29, 0.717) is 11.8 Å². The monoisotopic (exact) mass is 142 g/mol. The van der Waals surface area contributed by atoms with Crippen LogP contribution in [0.3, 0.4) is 0 Å². The summed E-state index contributed by atoms with van der Waals surface area (Å²) in [6.45, 7) is 0. The summed E-state index contributed by atoms with van der Waals surface area (Å²) in [6.07, 6.45) is 3.67. The van der Waals surface area contributed by atoms with Crippen LogP contribution in [0.1, 0.15) is 25.7 Å². The lowest BCUT2D eigenvalue weighted by atomic mass is 9.98. The van der Waals surface area contributed by atoms with E-state index < -0.39 is 0 Å². The Morgan fingerprint density at radius 3 is 1.50 bits per heavy atom. The molecule has 58 valence electrons. The number of hydrogen-bond donors (Lipinski definition) is 2. The summed E-state index contributed by atoms with van der Waals surface area (Å²) in [5, 5.41) is 18.8. The van der Waals surface area contributed by atoms with Gasteiger partial charge in [-0.05, 0) is 37.5 Å². The predicted octanol–water partition coefficient (Wildman–Crippen LogP) is 0.528. The van der Waals surface area contributed by atoms with Gasteiger partial charge in [0.15, 0.2) is 0 Å². The quantitative estimate of drug-likeness (QED) is 0.518. The van der Waals surface area contributed by atoms with Crippen LogP contribution in [0.4, 0.5) is 0 Å². The third kappa shape index (κ3) is 0.789. The third-order valence-electron chi connectivity index (χ3n) is 3.13. The molecule has 2 nitrogen and oxygen atoms in total. The van der Waals surface area contributed by atoms with E-state index in [2.05, 4.69) is 0 Å². The van der Waals surface area contributed by atoms with Crippen molar-refractivity contribution in [1.29, 1.82) is 0 Å². The first-order chi connectivity index (χ1) is 4.79. The van der Waals surface area contributed by atoms with Gasteiger partial charge in [-0.25, -0.2) is 0 Å². The Hall–Kier alpha value is -0.0800. The molecule has 2 rings (SSSR count). The van der Waals surface area contributed by atoms with Gasteiger partial charge in [0.25, 0.3) is 0 Å². The van der Waals surface area contributed by atoms with E-state index in [0.717, 1.165) is 25.7 Å². The summed E-state index contributed by atoms with van der Waals surface area (Å²) in [5.41, 5.74) is 0. The van der Waals surface area contributed by atoms with Crippen LogP contribution in [0.25, 0.3) is 0 Å². The standard InChI is InChI=1S/C8H14O2/c9-7-3-1-5-6(7)2-4-8(5)10/h5-10H,1-4H2/t5-,6+,7+,8-. The Balaban J connectivity index is 2.09. The van der Waals surface area contributed by atoms with Crippen molar-refractivity contribution in [2.75, 3.05) is 0 Å². The molecule has 0 aromatic heterocycles. The van der Waals surface area contributed by atoms with Gasteiger partial charge in [-0.2, -0.15) is 0 Å². The van der Waals surface area contributed by atoms with E-state index in [9.17, 15) is 10.2 Å². The molecule has 0 spiro atoms. The molecule has 0 aromatic rings. The average molecular weight is 142 g/mol. The Morgan fingerprint density at radius 2 is 1.10 bits per heavy atom. The molecule has 0 aliphatic heterocycles. The summed E-state index contributed by atoms with van der Waals surface area (Å²) in [6, 6.07) is 0. The largest absolute Gasteiger partial charge is 0.393 e. The lowest BCUT2D eigenvalue weighted by Gasteiger charge is -2.13. The lowest BCUT2D eigenvalue weighted by Crippen LogP contribution is -2.18. The van der Waals surface area contributed by atoms with Crippen molar-refractivity contribution in [1.82, 2.24) is 0 Å². The zero-order chi connectivity index (χ0) is 7.14. The van der Waals surface area contributed by atoms with E-state index >= 15 is 0 Å². The van der Waals surface area contributed by atoms with E-state index in [1.54, 1.807) is 0 Å². The Morgan fingerprint density at radius 1 is 0.700 bits per heavy atom. The molecular weight excluding hydrogens is 128 g/mol. The molecule has 2 N–H and O–H groups in total. The van der Waals surface area contributed by atoms with Crippen LogP contribution in [0, 0.1) is 11.8 Å². The topological polar surface area (TPSA) is 40.5 Å². The molecule has 0 amide bonds. The number of hydrogen-bond acceptors (Lipinski definition) is 2. The number of fused-ring (bicyclic) bond motifs is 1. The molecule has 0 aromatic carbocycles. The molecular formula is C8H14O2. The highest BCUT2D eigenvalue weighted by Gasteiger charge is 2.43. The summed E-state index contributed by atoms with van der Waals surface area (Å²) in [7, 11) is 0. The molecule has 4 atom stereocenters. The number of rotatable bonds is 0. The van der Waals surface area contributed by atoms with E-state index in [1.807, 2.05) is 0 Å². The van der Waals surface area contributed by atoms with Crippen LogP contribution >= 0.6 is 0 Å². The molecule has 2 fully saturated rings. The number of aliphatic hydroxyl groups is 2. The maximum absolute atomic E-state index is 9.41. The SMILES string of the molecule is O[C@@H]1CC[C@H]2[C@H]1CC[C@@H]2O. The zero-order valence-electron chi connectivity index (χ0n) is 6.03. The highest BCUT2D eigenvalue weighted by molar-refractivity contribution is 4.93. The minimum absolute atomic E-state index is 0.109. The van der Waals surface area contributed by atoms with Gasteiger partial charge < -0.3 is 10.2 Å². The van der Waals surface area contributed by atoms with E-state index in [4.69, 9.17) is 0 Å². The van der Waals surface area contributed by atoms with Crippen LogP contribution in [-0.2, 0) is 0 Å². The second kappa shape index (κ2) is 2.21. The van der Waals surface area contributed by atoms with Crippen molar-refractivity contribution in [3.8, 4) is 0 Å². The molecule has 10 heavy (non-hydrogen) atoms. The van der Waals surface area contributed by atoms with E-state index in [-0.39, 0.29) is 12.2 Å². The lowest BCUT2D eigenvalue weighted by molar-refractivity contribution is 0.0988. The van der Waals surface area contributed by atoms with Gasteiger partial charge in [-0.15, -0.1) is 0 Å². The smallest absolute Gasteiger partial charge is 0.0572 e. The van der Waals surface area contributed by atoms with Crippen LogP contribution in [0.2, 0.25) is 0 Å². The Bertz CT molecular complexity index is 119. The van der Waals surface area contributed by atoms with Crippen LogP contribution < -0.4 is 0 Å². The second-order valence-corrected chi connectivity index (χ2v) is 3.62. The van der Waals surface area contributed by atoms with Crippen molar-refractivity contribution >= 4 is 0 Å². The fourth-order valence-corrected chi connectivity index (χ4v) is 2.54. The second-order valence-electron chi connectivity index (χ2n) is 3.62. The normalized spacial score (nSPS) is 53.4. The van der Waals surface area contributed by atoms with E-state index in [1.165, 1.54) is 0 Å². The van der Waals surface area contributed by atoms with Gasteiger partial charge in [0.05, 0.1) is 12.2 Å². The maximum atomic E-state index is 9.41. The zero-order valence-corrected chi connectivity index (χ0v) is 6.03.